The van der Waals surface area contributed by atoms with Gasteiger partial charge in [-0.2, -0.15) is 5.10 Å². The number of aromatic amines is 1. The number of hydrogen-bond acceptors (Lipinski definition) is 4. The Morgan fingerprint density at radius 1 is 1.45 bits per heavy atom. The van der Waals surface area contributed by atoms with Gasteiger partial charge in [-0.15, -0.1) is 0 Å². The lowest BCUT2D eigenvalue weighted by Gasteiger charge is -2.08. The van der Waals surface area contributed by atoms with Crippen LogP contribution >= 0.6 is 0 Å². The molecule has 2 rings (SSSR count). The second-order valence-corrected chi connectivity index (χ2v) is 5.74. The smallest absolute Gasteiger partial charge is 0.335 e. The van der Waals surface area contributed by atoms with Crippen molar-refractivity contribution in [3.8, 4) is 0 Å². The van der Waals surface area contributed by atoms with Crippen molar-refractivity contribution in [2.45, 2.75) is 18.2 Å². The van der Waals surface area contributed by atoms with Crippen molar-refractivity contribution >= 4 is 21.8 Å². The Kier molecular flexibility index (Phi) is 3.75. The fourth-order valence-electron chi connectivity index (χ4n) is 1.66. The highest BCUT2D eigenvalue weighted by Crippen LogP contribution is 2.18. The lowest BCUT2D eigenvalue weighted by atomic mass is 10.2. The predicted octanol–water partition coefficient (Wildman–Crippen LogP) is 1.47. The minimum Gasteiger partial charge on any atom is -0.478 e. The van der Waals surface area contributed by atoms with E-state index in [0.717, 1.165) is 11.6 Å². The number of carboxylic acids is 1. The van der Waals surface area contributed by atoms with Crippen LogP contribution < -0.4 is 4.72 Å². The summed E-state index contributed by atoms with van der Waals surface area (Å²) in [6.45, 7) is 1.87. The Labute approximate surface area is 115 Å². The summed E-state index contributed by atoms with van der Waals surface area (Å²) in [6.07, 6.45) is 2.15. The molecular weight excluding hydrogens is 282 g/mol. The third-order valence-electron chi connectivity index (χ3n) is 2.73. The number of nitrogens with one attached hydrogen (secondary N) is 2. The summed E-state index contributed by atoms with van der Waals surface area (Å²) in [7, 11) is -3.86. The minimum absolute atomic E-state index is 0.0896. The highest BCUT2D eigenvalue weighted by molar-refractivity contribution is 7.92. The number of aromatic carboxylic acids is 1. The standard InChI is InChI=1S/C12H13N3O4S/c1-2-8-7-13-14-11(8)15-20(18,19)10-5-3-4-9(6-10)12(16)17/h3-7H,2H2,1H3,(H,16,17)(H2,13,14,15). The van der Waals surface area contributed by atoms with Crippen molar-refractivity contribution < 1.29 is 18.3 Å². The number of sulfonamides is 1. The van der Waals surface area contributed by atoms with Crippen LogP contribution in [0, 0.1) is 0 Å². The fraction of sp³-hybridized carbons (Fsp3) is 0.167. The lowest BCUT2D eigenvalue weighted by Crippen LogP contribution is -2.15. The fourth-order valence-corrected chi connectivity index (χ4v) is 2.76. The number of aryl methyl sites for hydroxylation is 1. The van der Waals surface area contributed by atoms with E-state index >= 15 is 0 Å². The molecule has 7 nitrogen and oxygen atoms in total. The Hall–Kier alpha value is -2.35. The summed E-state index contributed by atoms with van der Waals surface area (Å²) >= 11 is 0. The van der Waals surface area contributed by atoms with Gasteiger partial charge in [-0.1, -0.05) is 13.0 Å². The number of carboxylic acid groups (broad SMARTS) is 1. The highest BCUT2D eigenvalue weighted by Gasteiger charge is 2.18. The maximum absolute atomic E-state index is 12.2. The molecule has 8 heteroatoms. The van der Waals surface area contributed by atoms with Crippen LogP contribution in [0.4, 0.5) is 5.82 Å². The number of benzene rings is 1. The first-order valence-electron chi connectivity index (χ1n) is 5.82. The average Bonchev–Trinajstić information content (AvgIpc) is 2.85. The number of rotatable bonds is 5. The van der Waals surface area contributed by atoms with Crippen molar-refractivity contribution in [3.05, 3.63) is 41.6 Å². The molecule has 0 aliphatic carbocycles. The molecule has 0 unspecified atom stereocenters. The van der Waals surface area contributed by atoms with Crippen molar-refractivity contribution in [2.75, 3.05) is 4.72 Å². The molecule has 0 radical (unpaired) electrons. The van der Waals surface area contributed by atoms with Crippen LogP contribution in [0.25, 0.3) is 0 Å². The van der Waals surface area contributed by atoms with Crippen LogP contribution in [0.1, 0.15) is 22.8 Å². The molecule has 0 atom stereocenters. The summed E-state index contributed by atoms with van der Waals surface area (Å²) in [5.41, 5.74) is 0.635. The second kappa shape index (κ2) is 5.33. The van der Waals surface area contributed by atoms with E-state index in [0.29, 0.717) is 6.42 Å². The van der Waals surface area contributed by atoms with Crippen molar-refractivity contribution in [1.29, 1.82) is 0 Å². The van der Waals surface area contributed by atoms with Gasteiger partial charge in [0.15, 0.2) is 0 Å². The molecule has 20 heavy (non-hydrogen) atoms. The Bertz CT molecular complexity index is 737. The van der Waals surface area contributed by atoms with Gasteiger partial charge < -0.3 is 5.11 Å². The van der Waals surface area contributed by atoms with Crippen LogP contribution in [0.2, 0.25) is 0 Å². The molecule has 0 saturated heterocycles. The van der Waals surface area contributed by atoms with Gasteiger partial charge in [0.1, 0.15) is 5.82 Å². The van der Waals surface area contributed by atoms with Gasteiger partial charge in [-0.3, -0.25) is 9.82 Å². The van der Waals surface area contributed by atoms with Crippen LogP contribution in [0.5, 0.6) is 0 Å². The second-order valence-electron chi connectivity index (χ2n) is 4.06. The van der Waals surface area contributed by atoms with E-state index in [2.05, 4.69) is 14.9 Å². The van der Waals surface area contributed by atoms with Gasteiger partial charge in [-0.05, 0) is 24.6 Å². The number of nitrogens with zero attached hydrogens (tertiary/aromatic N) is 1. The minimum atomic E-state index is -3.86. The molecule has 0 saturated carbocycles. The van der Waals surface area contributed by atoms with Gasteiger partial charge in [0.25, 0.3) is 10.0 Å². The zero-order valence-corrected chi connectivity index (χ0v) is 11.4. The van der Waals surface area contributed by atoms with Gasteiger partial charge in [-0.25, -0.2) is 13.2 Å². The van der Waals surface area contributed by atoms with E-state index in [1.165, 1.54) is 24.4 Å². The van der Waals surface area contributed by atoms with Crippen LogP contribution in [0.15, 0.2) is 35.4 Å². The first kappa shape index (κ1) is 14.1. The Morgan fingerprint density at radius 2 is 2.20 bits per heavy atom. The SMILES string of the molecule is CCc1cn[nH]c1NS(=O)(=O)c1cccc(C(=O)O)c1. The summed E-state index contributed by atoms with van der Waals surface area (Å²) in [5.74, 6) is -0.897. The lowest BCUT2D eigenvalue weighted by molar-refractivity contribution is 0.0696. The molecule has 1 aromatic heterocycles. The average molecular weight is 295 g/mol. The van der Waals surface area contributed by atoms with Gasteiger partial charge >= 0.3 is 5.97 Å². The van der Waals surface area contributed by atoms with Crippen molar-refractivity contribution in [2.24, 2.45) is 0 Å². The van der Waals surface area contributed by atoms with Crippen molar-refractivity contribution in [3.63, 3.8) is 0 Å². The molecule has 0 amide bonds. The largest absolute Gasteiger partial charge is 0.478 e. The number of anilines is 1. The third kappa shape index (κ3) is 2.80. The molecule has 3 N–H and O–H groups in total. The molecule has 0 aliphatic rings. The van der Waals surface area contributed by atoms with Crippen molar-refractivity contribution in [1.82, 2.24) is 10.2 Å². The van der Waals surface area contributed by atoms with Crippen LogP contribution in [0.3, 0.4) is 0 Å². The van der Waals surface area contributed by atoms with E-state index in [1.54, 1.807) is 0 Å². The maximum Gasteiger partial charge on any atom is 0.335 e. The van der Waals surface area contributed by atoms with E-state index in [-0.39, 0.29) is 16.3 Å². The molecule has 1 heterocycles. The first-order chi connectivity index (χ1) is 9.44. The van der Waals surface area contributed by atoms with E-state index in [1.807, 2.05) is 6.92 Å². The van der Waals surface area contributed by atoms with E-state index < -0.39 is 16.0 Å². The molecule has 0 spiro atoms. The molecule has 1 aromatic carbocycles. The summed E-state index contributed by atoms with van der Waals surface area (Å²) in [6, 6.07) is 5.14. The molecular formula is C12H13N3O4S. The topological polar surface area (TPSA) is 112 Å². The van der Waals surface area contributed by atoms with Gasteiger partial charge in [0.2, 0.25) is 0 Å². The van der Waals surface area contributed by atoms with E-state index in [9.17, 15) is 13.2 Å². The van der Waals surface area contributed by atoms with Gasteiger partial charge in [0, 0.05) is 5.56 Å². The predicted molar refractivity (Wildman–Crippen MR) is 72.2 cm³/mol. The monoisotopic (exact) mass is 295 g/mol. The molecule has 0 bridgehead atoms. The van der Waals surface area contributed by atoms with E-state index in [4.69, 9.17) is 5.11 Å². The number of hydrogen-bond donors (Lipinski definition) is 3. The molecule has 0 aliphatic heterocycles. The Balaban J connectivity index is 2.36. The maximum atomic E-state index is 12.2. The normalized spacial score (nSPS) is 11.2. The molecule has 0 fully saturated rings. The Morgan fingerprint density at radius 3 is 2.85 bits per heavy atom. The molecule has 2 aromatic rings. The van der Waals surface area contributed by atoms with Gasteiger partial charge in [0.05, 0.1) is 16.7 Å². The quantitative estimate of drug-likeness (QED) is 0.773. The summed E-state index contributed by atoms with van der Waals surface area (Å²) in [5, 5.41) is 15.2. The summed E-state index contributed by atoms with van der Waals surface area (Å²) < 4.78 is 26.7. The highest BCUT2D eigenvalue weighted by atomic mass is 32.2. The van der Waals surface area contributed by atoms with Crippen LogP contribution in [-0.2, 0) is 16.4 Å². The third-order valence-corrected chi connectivity index (χ3v) is 4.07. The van der Waals surface area contributed by atoms with Crippen LogP contribution in [-0.4, -0.2) is 29.7 Å². The zero-order chi connectivity index (χ0) is 14.8. The number of carbonyl (C=O) groups is 1. The number of H-pyrrole nitrogens is 1. The summed E-state index contributed by atoms with van der Waals surface area (Å²) in [4.78, 5) is 10.7. The number of aromatic nitrogens is 2. The first-order valence-corrected chi connectivity index (χ1v) is 7.30. The molecule has 106 valence electrons. The zero-order valence-electron chi connectivity index (χ0n) is 10.6.